The molecule has 0 aliphatic carbocycles. The topological polar surface area (TPSA) is 33.7 Å². The van der Waals surface area contributed by atoms with Gasteiger partial charge in [0.1, 0.15) is 11.9 Å². The molecular weight excluding hydrogens is 288 g/mol. The summed E-state index contributed by atoms with van der Waals surface area (Å²) in [6.45, 7) is 7.26. The molecule has 0 radical (unpaired) electrons. The van der Waals surface area contributed by atoms with E-state index in [2.05, 4.69) is 48.5 Å². The maximum absolute atomic E-state index is 6.10. The Bertz CT molecular complexity index is 463. The average molecular weight is 318 g/mol. The van der Waals surface area contributed by atoms with E-state index >= 15 is 0 Å². The molecule has 4 nitrogen and oxygen atoms in total. The van der Waals surface area contributed by atoms with Crippen LogP contribution in [0.3, 0.4) is 0 Å². The molecule has 23 heavy (non-hydrogen) atoms. The van der Waals surface area contributed by atoms with Crippen LogP contribution in [0.25, 0.3) is 0 Å². The van der Waals surface area contributed by atoms with E-state index in [1.165, 1.54) is 12.0 Å². The van der Waals surface area contributed by atoms with Crippen molar-refractivity contribution in [2.75, 3.05) is 33.4 Å². The number of nitrogens with zero attached hydrogens (tertiary/aromatic N) is 1. The van der Waals surface area contributed by atoms with Crippen molar-refractivity contribution in [3.8, 4) is 5.75 Å². The minimum absolute atomic E-state index is 0.373. The van der Waals surface area contributed by atoms with Gasteiger partial charge >= 0.3 is 0 Å². The Morgan fingerprint density at radius 2 is 1.96 bits per heavy atom. The van der Waals surface area contributed by atoms with Gasteiger partial charge in [0.25, 0.3) is 0 Å². The monoisotopic (exact) mass is 318 g/mol. The summed E-state index contributed by atoms with van der Waals surface area (Å²) < 4.78 is 11.6. The van der Waals surface area contributed by atoms with Crippen LogP contribution in [0.5, 0.6) is 5.75 Å². The van der Waals surface area contributed by atoms with Gasteiger partial charge in [-0.1, -0.05) is 12.1 Å². The molecule has 2 atom stereocenters. The van der Waals surface area contributed by atoms with Gasteiger partial charge in [0, 0.05) is 32.3 Å². The molecule has 2 aliphatic heterocycles. The highest BCUT2D eigenvalue weighted by molar-refractivity contribution is 5.27. The zero-order chi connectivity index (χ0) is 16.1. The Hall–Kier alpha value is -1.10. The van der Waals surface area contributed by atoms with Crippen molar-refractivity contribution in [2.45, 2.75) is 44.9 Å². The van der Waals surface area contributed by atoms with Crippen molar-refractivity contribution in [1.82, 2.24) is 10.2 Å². The number of hydrogen-bond donors (Lipinski definition) is 1. The van der Waals surface area contributed by atoms with Crippen molar-refractivity contribution in [1.29, 1.82) is 0 Å². The molecular formula is C19H30N2O2. The summed E-state index contributed by atoms with van der Waals surface area (Å²) in [6, 6.07) is 9.08. The fourth-order valence-corrected chi connectivity index (χ4v) is 3.37. The van der Waals surface area contributed by atoms with Crippen molar-refractivity contribution < 1.29 is 9.47 Å². The Morgan fingerprint density at radius 1 is 1.22 bits per heavy atom. The van der Waals surface area contributed by atoms with Crippen LogP contribution < -0.4 is 10.1 Å². The molecule has 0 aromatic heterocycles. The predicted molar refractivity (Wildman–Crippen MR) is 92.8 cm³/mol. The molecule has 2 aliphatic rings. The lowest BCUT2D eigenvalue weighted by atomic mass is 10.0. The molecule has 1 aromatic rings. The highest BCUT2D eigenvalue weighted by atomic mass is 16.5. The normalized spacial score (nSPS) is 24.7. The molecule has 1 aromatic carbocycles. The standard InChI is InChI=1S/C19H30N2O2/c1-15(17-9-12-22-14-17)20-13-16-3-5-18(6-4-16)23-19-7-10-21(2)11-8-19/h3-6,15,17,19-20H,7-14H2,1-2H3. The summed E-state index contributed by atoms with van der Waals surface area (Å²) in [7, 11) is 2.18. The first kappa shape index (κ1) is 16.7. The Kier molecular flexibility index (Phi) is 5.92. The van der Waals surface area contributed by atoms with Gasteiger partial charge in [-0.2, -0.15) is 0 Å². The van der Waals surface area contributed by atoms with E-state index in [0.29, 0.717) is 18.1 Å². The molecule has 3 rings (SSSR count). The SMILES string of the molecule is CC(NCc1ccc(OC2CCN(C)CC2)cc1)C1CCOC1. The molecule has 4 heteroatoms. The van der Waals surface area contributed by atoms with E-state index in [1.807, 2.05) is 0 Å². The Labute approximate surface area is 140 Å². The molecule has 0 amide bonds. The van der Waals surface area contributed by atoms with Crippen LogP contribution in [-0.4, -0.2) is 50.4 Å². The van der Waals surface area contributed by atoms with Gasteiger partial charge in [0.05, 0.1) is 6.61 Å². The largest absolute Gasteiger partial charge is 0.490 e. The average Bonchev–Trinajstić information content (AvgIpc) is 3.11. The number of nitrogens with one attached hydrogen (secondary N) is 1. The maximum atomic E-state index is 6.10. The zero-order valence-electron chi connectivity index (χ0n) is 14.5. The van der Waals surface area contributed by atoms with E-state index in [-0.39, 0.29) is 0 Å². The summed E-state index contributed by atoms with van der Waals surface area (Å²) in [5.74, 6) is 1.66. The van der Waals surface area contributed by atoms with Crippen molar-refractivity contribution in [3.05, 3.63) is 29.8 Å². The van der Waals surface area contributed by atoms with Gasteiger partial charge < -0.3 is 19.7 Å². The second-order valence-corrected chi connectivity index (χ2v) is 7.06. The number of ether oxygens (including phenoxy) is 2. The van der Waals surface area contributed by atoms with Gasteiger partial charge in [-0.05, 0) is 56.8 Å². The molecule has 2 unspecified atom stereocenters. The van der Waals surface area contributed by atoms with Crippen molar-refractivity contribution in [3.63, 3.8) is 0 Å². The van der Waals surface area contributed by atoms with E-state index in [0.717, 1.165) is 51.4 Å². The molecule has 1 N–H and O–H groups in total. The van der Waals surface area contributed by atoms with Gasteiger partial charge in [-0.15, -0.1) is 0 Å². The lowest BCUT2D eigenvalue weighted by Gasteiger charge is -2.29. The van der Waals surface area contributed by atoms with Gasteiger partial charge in [-0.25, -0.2) is 0 Å². The minimum atomic E-state index is 0.373. The van der Waals surface area contributed by atoms with Gasteiger partial charge in [-0.3, -0.25) is 0 Å². The molecule has 0 spiro atoms. The Morgan fingerprint density at radius 3 is 2.61 bits per heavy atom. The first-order valence-corrected chi connectivity index (χ1v) is 8.96. The van der Waals surface area contributed by atoms with Crippen LogP contribution in [-0.2, 0) is 11.3 Å². The fourth-order valence-electron chi connectivity index (χ4n) is 3.37. The summed E-state index contributed by atoms with van der Waals surface area (Å²) >= 11 is 0. The van der Waals surface area contributed by atoms with Crippen molar-refractivity contribution >= 4 is 0 Å². The zero-order valence-corrected chi connectivity index (χ0v) is 14.5. The number of likely N-dealkylation sites (tertiary alicyclic amines) is 1. The molecule has 2 fully saturated rings. The lowest BCUT2D eigenvalue weighted by Crippen LogP contribution is -2.35. The molecule has 0 bridgehead atoms. The lowest BCUT2D eigenvalue weighted by molar-refractivity contribution is 0.114. The molecule has 2 saturated heterocycles. The smallest absolute Gasteiger partial charge is 0.119 e. The predicted octanol–water partition coefficient (Wildman–Crippen LogP) is 2.67. The van der Waals surface area contributed by atoms with E-state index in [9.17, 15) is 0 Å². The minimum Gasteiger partial charge on any atom is -0.490 e. The summed E-state index contributed by atoms with van der Waals surface area (Å²) in [6.07, 6.45) is 3.80. The quantitative estimate of drug-likeness (QED) is 0.874. The maximum Gasteiger partial charge on any atom is 0.119 e. The first-order valence-electron chi connectivity index (χ1n) is 8.96. The molecule has 0 saturated carbocycles. The van der Waals surface area contributed by atoms with Crippen LogP contribution in [0.2, 0.25) is 0 Å². The van der Waals surface area contributed by atoms with Crippen LogP contribution >= 0.6 is 0 Å². The third kappa shape index (κ3) is 4.93. The first-order chi connectivity index (χ1) is 11.2. The van der Waals surface area contributed by atoms with E-state index in [4.69, 9.17) is 9.47 Å². The summed E-state index contributed by atoms with van der Waals surface area (Å²) in [5, 5.41) is 3.62. The number of rotatable bonds is 6. The van der Waals surface area contributed by atoms with Gasteiger partial charge in [0.2, 0.25) is 0 Å². The Balaban J connectivity index is 1.43. The van der Waals surface area contributed by atoms with E-state index < -0.39 is 0 Å². The van der Waals surface area contributed by atoms with Crippen molar-refractivity contribution in [2.24, 2.45) is 5.92 Å². The highest BCUT2D eigenvalue weighted by Crippen LogP contribution is 2.20. The van der Waals surface area contributed by atoms with Crippen LogP contribution in [0, 0.1) is 5.92 Å². The van der Waals surface area contributed by atoms with Crippen LogP contribution in [0.4, 0.5) is 0 Å². The highest BCUT2D eigenvalue weighted by Gasteiger charge is 2.21. The third-order valence-corrected chi connectivity index (χ3v) is 5.19. The van der Waals surface area contributed by atoms with E-state index in [1.54, 1.807) is 0 Å². The second-order valence-electron chi connectivity index (χ2n) is 7.06. The third-order valence-electron chi connectivity index (χ3n) is 5.19. The summed E-state index contributed by atoms with van der Waals surface area (Å²) in [4.78, 5) is 2.37. The molecule has 128 valence electrons. The van der Waals surface area contributed by atoms with Crippen LogP contribution in [0.15, 0.2) is 24.3 Å². The second kappa shape index (κ2) is 8.13. The number of hydrogen-bond acceptors (Lipinski definition) is 4. The number of piperidine rings is 1. The summed E-state index contributed by atoms with van der Waals surface area (Å²) in [5.41, 5.74) is 1.31. The fraction of sp³-hybridized carbons (Fsp3) is 0.684. The molecule has 2 heterocycles. The van der Waals surface area contributed by atoms with Crippen LogP contribution in [0.1, 0.15) is 31.7 Å². The number of benzene rings is 1. The van der Waals surface area contributed by atoms with Gasteiger partial charge in [0.15, 0.2) is 0 Å².